The van der Waals surface area contributed by atoms with E-state index in [1.165, 1.54) is 6.92 Å². The van der Waals surface area contributed by atoms with Gasteiger partial charge in [0.1, 0.15) is 12.1 Å². The second-order valence-corrected chi connectivity index (χ2v) is 4.17. The lowest BCUT2D eigenvalue weighted by Gasteiger charge is -2.20. The molecule has 0 saturated carbocycles. The summed E-state index contributed by atoms with van der Waals surface area (Å²) in [6, 6.07) is 2.11. The highest BCUT2D eigenvalue weighted by molar-refractivity contribution is 5.75. The van der Waals surface area contributed by atoms with Gasteiger partial charge in [0, 0.05) is 18.7 Å². The molecule has 18 heavy (non-hydrogen) atoms. The second-order valence-electron chi connectivity index (χ2n) is 4.17. The van der Waals surface area contributed by atoms with Gasteiger partial charge in [-0.3, -0.25) is 19.5 Å². The molecule has 8 nitrogen and oxygen atoms in total. The van der Waals surface area contributed by atoms with Crippen LogP contribution in [0.15, 0.2) is 21.7 Å². The van der Waals surface area contributed by atoms with Gasteiger partial charge in [-0.1, -0.05) is 0 Å². The number of hydrogen-bond acceptors (Lipinski definition) is 5. The third kappa shape index (κ3) is 4.15. The fourth-order valence-electron chi connectivity index (χ4n) is 1.12. The fraction of sp³-hybridized carbons (Fsp3) is 0.500. The Morgan fingerprint density at radius 3 is 2.78 bits per heavy atom. The summed E-state index contributed by atoms with van der Waals surface area (Å²) < 4.78 is 0.853. The van der Waals surface area contributed by atoms with E-state index in [2.05, 4.69) is 10.4 Å². The number of aliphatic hydroxyl groups excluding tert-OH is 1. The Morgan fingerprint density at radius 2 is 2.17 bits per heavy atom. The summed E-state index contributed by atoms with van der Waals surface area (Å²) in [6.07, 6.45) is 0. The van der Waals surface area contributed by atoms with Gasteiger partial charge in [0.2, 0.25) is 5.91 Å². The maximum absolute atomic E-state index is 11.5. The van der Waals surface area contributed by atoms with Crippen LogP contribution in [0.25, 0.3) is 0 Å². The van der Waals surface area contributed by atoms with Crippen LogP contribution < -0.4 is 16.4 Å². The first kappa shape index (κ1) is 14.1. The lowest BCUT2D eigenvalue weighted by atomic mass is 10.1. The molecule has 0 aromatic carbocycles. The normalized spacial score (nSPS) is 13.9. The minimum atomic E-state index is -1.43. The van der Waals surface area contributed by atoms with E-state index in [0.717, 1.165) is 16.8 Å². The third-order valence-corrected chi connectivity index (χ3v) is 2.20. The molecule has 1 aromatic rings. The molecule has 0 fully saturated rings. The number of H-pyrrole nitrogens is 1. The minimum absolute atomic E-state index is 0.159. The first-order valence-corrected chi connectivity index (χ1v) is 5.24. The summed E-state index contributed by atoms with van der Waals surface area (Å²) in [7, 11) is 0. The van der Waals surface area contributed by atoms with Gasteiger partial charge in [-0.25, -0.2) is 4.68 Å². The highest BCUT2D eigenvalue weighted by Gasteiger charge is 2.19. The molecule has 1 rings (SSSR count). The Balaban J connectivity index is 2.63. The molecule has 1 aromatic heterocycles. The largest absolute Gasteiger partial charge is 0.393 e. The predicted octanol–water partition coefficient (Wildman–Crippen LogP) is -2.60. The van der Waals surface area contributed by atoms with E-state index in [-0.39, 0.29) is 13.1 Å². The molecule has 1 amide bonds. The van der Waals surface area contributed by atoms with Crippen LogP contribution in [0, 0.1) is 0 Å². The topological polar surface area (TPSA) is 124 Å². The van der Waals surface area contributed by atoms with Gasteiger partial charge in [0.25, 0.3) is 11.1 Å². The van der Waals surface area contributed by atoms with Crippen molar-refractivity contribution in [2.75, 3.05) is 13.2 Å². The van der Waals surface area contributed by atoms with Crippen LogP contribution >= 0.6 is 0 Å². The molecule has 8 heteroatoms. The zero-order chi connectivity index (χ0) is 13.8. The number of aromatic nitrogens is 2. The van der Waals surface area contributed by atoms with Crippen LogP contribution in [0.3, 0.4) is 0 Å². The average Bonchev–Trinajstić information content (AvgIpc) is 2.31. The van der Waals surface area contributed by atoms with Crippen molar-refractivity contribution in [2.24, 2.45) is 0 Å². The van der Waals surface area contributed by atoms with Gasteiger partial charge in [0.15, 0.2) is 0 Å². The van der Waals surface area contributed by atoms with Crippen molar-refractivity contribution in [1.29, 1.82) is 0 Å². The van der Waals surface area contributed by atoms with Crippen LogP contribution in [0.5, 0.6) is 0 Å². The SMILES string of the molecule is CC(O)(CO)CNC(=O)Cn1[nH]c(=O)ccc1=O. The number of hydrogen-bond donors (Lipinski definition) is 4. The molecule has 0 aliphatic heterocycles. The third-order valence-electron chi connectivity index (χ3n) is 2.20. The summed E-state index contributed by atoms with van der Waals surface area (Å²) in [5, 5.41) is 22.8. The number of nitrogens with zero attached hydrogens (tertiary/aromatic N) is 1. The van der Waals surface area contributed by atoms with E-state index in [4.69, 9.17) is 5.11 Å². The average molecular weight is 257 g/mol. The van der Waals surface area contributed by atoms with Crippen molar-refractivity contribution in [3.8, 4) is 0 Å². The molecule has 4 N–H and O–H groups in total. The lowest BCUT2D eigenvalue weighted by Crippen LogP contribution is -2.45. The number of aliphatic hydroxyl groups is 2. The van der Waals surface area contributed by atoms with Crippen LogP contribution in [-0.4, -0.2) is 44.7 Å². The molecule has 0 bridgehead atoms. The van der Waals surface area contributed by atoms with Crippen LogP contribution in [0.2, 0.25) is 0 Å². The van der Waals surface area contributed by atoms with Crippen molar-refractivity contribution < 1.29 is 15.0 Å². The lowest BCUT2D eigenvalue weighted by molar-refractivity contribution is -0.123. The van der Waals surface area contributed by atoms with Crippen LogP contribution in [-0.2, 0) is 11.3 Å². The number of amides is 1. The smallest absolute Gasteiger partial charge is 0.265 e. The van der Waals surface area contributed by atoms with Crippen molar-refractivity contribution in [2.45, 2.75) is 19.1 Å². The van der Waals surface area contributed by atoms with Gasteiger partial charge in [-0.15, -0.1) is 0 Å². The van der Waals surface area contributed by atoms with Crippen molar-refractivity contribution in [3.05, 3.63) is 32.8 Å². The van der Waals surface area contributed by atoms with E-state index in [1.54, 1.807) is 0 Å². The van der Waals surface area contributed by atoms with Crippen LogP contribution in [0.4, 0.5) is 0 Å². The predicted molar refractivity (Wildman–Crippen MR) is 62.0 cm³/mol. The van der Waals surface area contributed by atoms with Crippen molar-refractivity contribution >= 4 is 5.91 Å². The highest BCUT2D eigenvalue weighted by Crippen LogP contribution is 1.98. The molecule has 1 heterocycles. The minimum Gasteiger partial charge on any atom is -0.393 e. The first-order chi connectivity index (χ1) is 8.34. The van der Waals surface area contributed by atoms with Gasteiger partial charge in [-0.2, -0.15) is 0 Å². The zero-order valence-corrected chi connectivity index (χ0v) is 9.84. The summed E-state index contributed by atoms with van der Waals surface area (Å²) >= 11 is 0. The summed E-state index contributed by atoms with van der Waals surface area (Å²) in [4.78, 5) is 33.7. The first-order valence-electron chi connectivity index (χ1n) is 5.24. The van der Waals surface area contributed by atoms with Crippen LogP contribution in [0.1, 0.15) is 6.92 Å². The van der Waals surface area contributed by atoms with Gasteiger partial charge < -0.3 is 15.5 Å². The number of carbonyl (C=O) groups excluding carboxylic acids is 1. The molecule has 1 atom stereocenters. The van der Waals surface area contributed by atoms with E-state index < -0.39 is 29.2 Å². The standard InChI is InChI=1S/C10H15N3O5/c1-10(18,6-14)5-11-8(16)4-13-9(17)3-2-7(15)12-13/h2-3,14,18H,4-6H2,1H3,(H,11,16)(H,12,15). The molecule has 100 valence electrons. The maximum atomic E-state index is 11.5. The molecular weight excluding hydrogens is 242 g/mol. The Morgan fingerprint density at radius 1 is 1.50 bits per heavy atom. The fourth-order valence-corrected chi connectivity index (χ4v) is 1.12. The number of aromatic amines is 1. The van der Waals surface area contributed by atoms with Crippen molar-refractivity contribution in [1.82, 2.24) is 15.1 Å². The van der Waals surface area contributed by atoms with E-state index in [9.17, 15) is 19.5 Å². The highest BCUT2D eigenvalue weighted by atomic mass is 16.3. The number of carbonyl (C=O) groups is 1. The van der Waals surface area contributed by atoms with Gasteiger partial charge in [0.05, 0.1) is 6.61 Å². The summed E-state index contributed by atoms with van der Waals surface area (Å²) in [6.45, 7) is 0.323. The molecule has 0 saturated heterocycles. The number of nitrogens with one attached hydrogen (secondary N) is 2. The Labute approximate surface area is 102 Å². The molecule has 1 unspecified atom stereocenters. The molecular formula is C10H15N3O5. The zero-order valence-electron chi connectivity index (χ0n) is 9.84. The quantitative estimate of drug-likeness (QED) is 0.460. The molecule has 0 aliphatic carbocycles. The van der Waals surface area contributed by atoms with E-state index >= 15 is 0 Å². The van der Waals surface area contributed by atoms with Crippen molar-refractivity contribution in [3.63, 3.8) is 0 Å². The Kier molecular flexibility index (Phi) is 4.40. The second kappa shape index (κ2) is 5.61. The maximum Gasteiger partial charge on any atom is 0.265 e. The molecule has 0 spiro atoms. The summed E-state index contributed by atoms with van der Waals surface area (Å²) in [5.41, 5.74) is -2.44. The molecule has 0 radical (unpaired) electrons. The monoisotopic (exact) mass is 257 g/mol. The Hall–Kier alpha value is -1.93. The molecule has 0 aliphatic rings. The Bertz CT molecular complexity index is 531. The number of rotatable bonds is 5. The summed E-state index contributed by atoms with van der Waals surface area (Å²) in [5.74, 6) is -0.562. The van der Waals surface area contributed by atoms with E-state index in [1.807, 2.05) is 0 Å². The van der Waals surface area contributed by atoms with Gasteiger partial charge >= 0.3 is 0 Å². The van der Waals surface area contributed by atoms with Gasteiger partial charge in [-0.05, 0) is 6.92 Å². The van der Waals surface area contributed by atoms with E-state index in [0.29, 0.717) is 0 Å².